The molecule has 4 nitrogen and oxygen atoms in total. The lowest BCUT2D eigenvalue weighted by molar-refractivity contribution is 0.102. The zero-order valence-electron chi connectivity index (χ0n) is 10.2. The fraction of sp³-hybridized carbons (Fsp3) is 0. The van der Waals surface area contributed by atoms with E-state index in [2.05, 4.69) is 10.3 Å². The van der Waals surface area contributed by atoms with Gasteiger partial charge in [0, 0.05) is 18.6 Å². The Morgan fingerprint density at radius 1 is 1.15 bits per heavy atom. The number of pyridine rings is 1. The van der Waals surface area contributed by atoms with E-state index in [1.807, 2.05) is 6.20 Å². The van der Waals surface area contributed by atoms with E-state index in [-0.39, 0.29) is 5.91 Å². The van der Waals surface area contributed by atoms with Crippen LogP contribution in [0.4, 0.5) is 5.69 Å². The number of benzene rings is 1. The Morgan fingerprint density at radius 3 is 2.85 bits per heavy atom. The maximum Gasteiger partial charge on any atom is 0.259 e. The van der Waals surface area contributed by atoms with E-state index >= 15 is 0 Å². The van der Waals surface area contributed by atoms with Crippen molar-refractivity contribution in [2.24, 2.45) is 0 Å². The average Bonchev–Trinajstić information content (AvgIpc) is 2.92. The number of halogens is 2. The lowest BCUT2D eigenvalue weighted by Gasteiger charge is -2.08. The molecule has 2 aromatic heterocycles. The molecule has 0 atom stereocenters. The summed E-state index contributed by atoms with van der Waals surface area (Å²) in [6.45, 7) is 0. The van der Waals surface area contributed by atoms with Crippen molar-refractivity contribution in [3.63, 3.8) is 0 Å². The summed E-state index contributed by atoms with van der Waals surface area (Å²) in [5.74, 6) is -0.286. The minimum absolute atomic E-state index is 0.286. The fourth-order valence-corrected chi connectivity index (χ4v) is 2.26. The first-order valence-electron chi connectivity index (χ1n) is 5.84. The number of nitrogens with one attached hydrogen (secondary N) is 1. The first kappa shape index (κ1) is 13.0. The number of nitrogens with zero attached hydrogens (tertiary/aromatic N) is 2. The molecule has 0 fully saturated rings. The minimum atomic E-state index is -0.286. The van der Waals surface area contributed by atoms with Gasteiger partial charge in [-0.05, 0) is 24.3 Å². The molecule has 0 saturated heterocycles. The number of hydrogen-bond donors (Lipinski definition) is 1. The van der Waals surface area contributed by atoms with Crippen LogP contribution in [-0.4, -0.2) is 15.3 Å². The minimum Gasteiger partial charge on any atom is -0.320 e. The SMILES string of the molecule is O=C(Nc1cccc(Cl)c1Cl)c1cccn2ccnc12. The van der Waals surface area contributed by atoms with E-state index in [0.29, 0.717) is 26.9 Å². The first-order chi connectivity index (χ1) is 9.66. The Labute approximate surface area is 125 Å². The molecule has 0 bridgehead atoms. The number of fused-ring (bicyclic) bond motifs is 1. The highest BCUT2D eigenvalue weighted by atomic mass is 35.5. The number of carbonyl (C=O) groups is 1. The fourth-order valence-electron chi connectivity index (χ4n) is 1.92. The number of aromatic nitrogens is 2. The molecular weight excluding hydrogens is 297 g/mol. The van der Waals surface area contributed by atoms with Gasteiger partial charge in [0.05, 0.1) is 21.3 Å². The van der Waals surface area contributed by atoms with Gasteiger partial charge in [0.25, 0.3) is 5.91 Å². The lowest BCUT2D eigenvalue weighted by Crippen LogP contribution is -2.13. The molecular formula is C14H9Cl2N3O. The zero-order valence-corrected chi connectivity index (χ0v) is 11.7. The second-order valence-electron chi connectivity index (χ2n) is 4.14. The third-order valence-electron chi connectivity index (χ3n) is 2.86. The van der Waals surface area contributed by atoms with Gasteiger partial charge in [-0.25, -0.2) is 4.98 Å². The highest BCUT2D eigenvalue weighted by Gasteiger charge is 2.13. The van der Waals surface area contributed by atoms with E-state index in [4.69, 9.17) is 23.2 Å². The van der Waals surface area contributed by atoms with Crippen molar-refractivity contribution in [1.82, 2.24) is 9.38 Å². The molecule has 0 spiro atoms. The molecule has 1 N–H and O–H groups in total. The quantitative estimate of drug-likeness (QED) is 0.780. The van der Waals surface area contributed by atoms with Crippen LogP contribution in [0.2, 0.25) is 10.0 Å². The van der Waals surface area contributed by atoms with Gasteiger partial charge in [-0.3, -0.25) is 4.79 Å². The van der Waals surface area contributed by atoms with Crippen LogP contribution in [0.25, 0.3) is 5.65 Å². The van der Waals surface area contributed by atoms with E-state index in [0.717, 1.165) is 0 Å². The summed E-state index contributed by atoms with van der Waals surface area (Å²) in [6, 6.07) is 8.56. The Morgan fingerprint density at radius 2 is 2.00 bits per heavy atom. The summed E-state index contributed by atoms with van der Waals surface area (Å²) in [4.78, 5) is 16.5. The third-order valence-corrected chi connectivity index (χ3v) is 3.68. The third kappa shape index (κ3) is 2.24. The van der Waals surface area contributed by atoms with Crippen molar-refractivity contribution >= 4 is 40.4 Å². The summed E-state index contributed by atoms with van der Waals surface area (Å²) in [5.41, 5.74) is 1.52. The van der Waals surface area contributed by atoms with Crippen LogP contribution in [0.5, 0.6) is 0 Å². The van der Waals surface area contributed by atoms with E-state index in [9.17, 15) is 4.79 Å². The van der Waals surface area contributed by atoms with Crippen LogP contribution in [-0.2, 0) is 0 Å². The van der Waals surface area contributed by atoms with Crippen LogP contribution in [0.1, 0.15) is 10.4 Å². The lowest BCUT2D eigenvalue weighted by atomic mass is 10.2. The summed E-state index contributed by atoms with van der Waals surface area (Å²) < 4.78 is 1.77. The topological polar surface area (TPSA) is 46.4 Å². The zero-order chi connectivity index (χ0) is 14.1. The maximum absolute atomic E-state index is 12.3. The van der Waals surface area contributed by atoms with Crippen molar-refractivity contribution in [3.8, 4) is 0 Å². The molecule has 2 heterocycles. The molecule has 20 heavy (non-hydrogen) atoms. The summed E-state index contributed by atoms with van der Waals surface area (Å²) in [7, 11) is 0. The molecule has 0 aliphatic heterocycles. The van der Waals surface area contributed by atoms with Crippen molar-refractivity contribution in [3.05, 3.63) is 64.5 Å². The molecule has 0 aliphatic rings. The number of amides is 1. The molecule has 0 radical (unpaired) electrons. The van der Waals surface area contributed by atoms with E-state index in [1.165, 1.54) is 0 Å². The molecule has 0 saturated carbocycles. The Balaban J connectivity index is 1.97. The number of imidazole rings is 1. The first-order valence-corrected chi connectivity index (χ1v) is 6.59. The van der Waals surface area contributed by atoms with Gasteiger partial charge < -0.3 is 9.72 Å². The van der Waals surface area contributed by atoms with Crippen LogP contribution in [0, 0.1) is 0 Å². The summed E-state index contributed by atoms with van der Waals surface area (Å²) >= 11 is 12.0. The van der Waals surface area contributed by atoms with Gasteiger partial charge in [0.1, 0.15) is 5.65 Å². The molecule has 0 unspecified atom stereocenters. The van der Waals surface area contributed by atoms with Crippen molar-refractivity contribution in [2.45, 2.75) is 0 Å². The summed E-state index contributed by atoms with van der Waals surface area (Å²) in [5, 5.41) is 3.45. The highest BCUT2D eigenvalue weighted by Crippen LogP contribution is 2.29. The van der Waals surface area contributed by atoms with Crippen LogP contribution >= 0.6 is 23.2 Å². The summed E-state index contributed by atoms with van der Waals surface area (Å²) in [6.07, 6.45) is 5.24. The van der Waals surface area contributed by atoms with Gasteiger partial charge in [-0.15, -0.1) is 0 Å². The standard InChI is InChI=1S/C14H9Cl2N3O/c15-10-4-1-5-11(12(10)16)18-14(20)9-3-2-7-19-8-6-17-13(9)19/h1-8H,(H,18,20). The van der Waals surface area contributed by atoms with Gasteiger partial charge in [0.2, 0.25) is 0 Å². The van der Waals surface area contributed by atoms with E-state index in [1.54, 1.807) is 47.1 Å². The largest absolute Gasteiger partial charge is 0.320 e. The molecule has 1 aromatic carbocycles. The average molecular weight is 306 g/mol. The van der Waals surface area contributed by atoms with E-state index < -0.39 is 0 Å². The van der Waals surface area contributed by atoms with Crippen LogP contribution in [0.3, 0.4) is 0 Å². The Kier molecular flexibility index (Phi) is 3.34. The van der Waals surface area contributed by atoms with Gasteiger partial charge in [-0.2, -0.15) is 0 Å². The molecule has 0 aliphatic carbocycles. The molecule has 3 aromatic rings. The second kappa shape index (κ2) is 5.15. The second-order valence-corrected chi connectivity index (χ2v) is 4.92. The normalized spacial score (nSPS) is 10.7. The molecule has 100 valence electrons. The predicted molar refractivity (Wildman–Crippen MR) is 79.6 cm³/mol. The predicted octanol–water partition coefficient (Wildman–Crippen LogP) is 3.89. The van der Waals surface area contributed by atoms with Crippen LogP contribution in [0.15, 0.2) is 48.9 Å². The molecule has 1 amide bonds. The highest BCUT2D eigenvalue weighted by molar-refractivity contribution is 6.44. The van der Waals surface area contributed by atoms with Crippen molar-refractivity contribution in [1.29, 1.82) is 0 Å². The Hall–Kier alpha value is -2.04. The number of anilines is 1. The van der Waals surface area contributed by atoms with Crippen LogP contribution < -0.4 is 5.32 Å². The molecule has 3 rings (SSSR count). The smallest absolute Gasteiger partial charge is 0.259 e. The number of carbonyl (C=O) groups excluding carboxylic acids is 1. The van der Waals surface area contributed by atoms with Gasteiger partial charge in [0.15, 0.2) is 0 Å². The van der Waals surface area contributed by atoms with Gasteiger partial charge in [-0.1, -0.05) is 29.3 Å². The monoisotopic (exact) mass is 305 g/mol. The maximum atomic E-state index is 12.3. The van der Waals surface area contributed by atoms with Crippen molar-refractivity contribution < 1.29 is 4.79 Å². The number of hydrogen-bond acceptors (Lipinski definition) is 2. The Bertz CT molecular complexity index is 798. The molecule has 6 heteroatoms. The van der Waals surface area contributed by atoms with Crippen molar-refractivity contribution in [2.75, 3.05) is 5.32 Å². The number of rotatable bonds is 2. The van der Waals surface area contributed by atoms with Gasteiger partial charge >= 0.3 is 0 Å².